The Morgan fingerprint density at radius 2 is 1.68 bits per heavy atom. The molecule has 1 saturated carbocycles. The summed E-state index contributed by atoms with van der Waals surface area (Å²) >= 11 is 0. The van der Waals surface area contributed by atoms with Crippen molar-refractivity contribution in [3.05, 3.63) is 23.8 Å². The maximum absolute atomic E-state index is 12.1. The molecule has 1 aromatic rings. The van der Waals surface area contributed by atoms with Crippen LogP contribution >= 0.6 is 0 Å². The summed E-state index contributed by atoms with van der Waals surface area (Å²) in [4.78, 5) is 22.9. The van der Waals surface area contributed by atoms with Gasteiger partial charge in [-0.1, -0.05) is 0 Å². The fourth-order valence-electron chi connectivity index (χ4n) is 2.83. The van der Waals surface area contributed by atoms with Crippen molar-refractivity contribution in [2.75, 3.05) is 13.1 Å². The van der Waals surface area contributed by atoms with Crippen LogP contribution in [0.1, 0.15) is 69.7 Å². The third-order valence-electron chi connectivity index (χ3n) is 4.25. The Balaban J connectivity index is 1.53. The van der Waals surface area contributed by atoms with Gasteiger partial charge in [0.2, 0.25) is 0 Å². The molecule has 2 fully saturated rings. The molecule has 0 N–H and O–H groups in total. The van der Waals surface area contributed by atoms with E-state index in [1.165, 1.54) is 18.4 Å². The van der Waals surface area contributed by atoms with Gasteiger partial charge >= 0.3 is 6.09 Å². The highest BCUT2D eigenvalue weighted by atomic mass is 16.6. The van der Waals surface area contributed by atoms with Gasteiger partial charge in [-0.2, -0.15) is 0 Å². The second-order valence-corrected chi connectivity index (χ2v) is 7.39. The molecule has 120 valence electrons. The normalized spacial score (nSPS) is 20.0. The molecule has 1 aliphatic carbocycles. The van der Waals surface area contributed by atoms with Crippen molar-refractivity contribution in [3.8, 4) is 0 Å². The van der Waals surface area contributed by atoms with E-state index < -0.39 is 5.60 Å². The summed E-state index contributed by atoms with van der Waals surface area (Å²) in [5, 5.41) is 0. The highest BCUT2D eigenvalue weighted by molar-refractivity contribution is 5.68. The van der Waals surface area contributed by atoms with Crippen LogP contribution in [-0.4, -0.2) is 39.7 Å². The second-order valence-electron chi connectivity index (χ2n) is 7.39. The van der Waals surface area contributed by atoms with Crippen LogP contribution in [0.2, 0.25) is 0 Å². The van der Waals surface area contributed by atoms with Gasteiger partial charge in [0.15, 0.2) is 0 Å². The van der Waals surface area contributed by atoms with Crippen LogP contribution in [0.5, 0.6) is 0 Å². The first kappa shape index (κ1) is 15.3. The number of carbonyl (C=O) groups is 1. The maximum atomic E-state index is 12.1. The Morgan fingerprint density at radius 3 is 2.18 bits per heavy atom. The molecular formula is C17H25N3O2. The van der Waals surface area contributed by atoms with Crippen molar-refractivity contribution >= 4 is 6.09 Å². The van der Waals surface area contributed by atoms with Gasteiger partial charge < -0.3 is 9.64 Å². The highest BCUT2D eigenvalue weighted by Gasteiger charge is 2.29. The summed E-state index contributed by atoms with van der Waals surface area (Å²) in [7, 11) is 0. The number of aromatic nitrogens is 2. The van der Waals surface area contributed by atoms with Crippen molar-refractivity contribution in [2.24, 2.45) is 0 Å². The van der Waals surface area contributed by atoms with E-state index in [-0.39, 0.29) is 6.09 Å². The number of amides is 1. The quantitative estimate of drug-likeness (QED) is 0.839. The lowest BCUT2D eigenvalue weighted by molar-refractivity contribution is 0.0203. The van der Waals surface area contributed by atoms with E-state index in [0.29, 0.717) is 24.9 Å². The van der Waals surface area contributed by atoms with Crippen LogP contribution in [0, 0.1) is 0 Å². The number of hydrogen-bond donors (Lipinski definition) is 0. The standard InChI is InChI=1S/C17H25N3O2/c1-17(2,3)22-16(21)20-8-6-13(7-9-20)15-18-10-14(11-19-15)12-4-5-12/h10-13H,4-9H2,1-3H3. The first-order valence-electron chi connectivity index (χ1n) is 8.22. The summed E-state index contributed by atoms with van der Waals surface area (Å²) in [5.74, 6) is 1.98. The lowest BCUT2D eigenvalue weighted by Gasteiger charge is -2.32. The van der Waals surface area contributed by atoms with Gasteiger partial charge in [0.1, 0.15) is 11.4 Å². The van der Waals surface area contributed by atoms with Crippen molar-refractivity contribution in [2.45, 2.75) is 63.9 Å². The lowest BCUT2D eigenvalue weighted by atomic mass is 9.96. The van der Waals surface area contributed by atoms with Crippen LogP contribution < -0.4 is 0 Å². The smallest absolute Gasteiger partial charge is 0.410 e. The van der Waals surface area contributed by atoms with E-state index in [2.05, 4.69) is 9.97 Å². The molecule has 0 unspecified atom stereocenters. The fourth-order valence-corrected chi connectivity index (χ4v) is 2.83. The molecule has 0 spiro atoms. The summed E-state index contributed by atoms with van der Waals surface area (Å²) in [5.41, 5.74) is 0.838. The Labute approximate surface area is 132 Å². The van der Waals surface area contributed by atoms with Crippen molar-refractivity contribution < 1.29 is 9.53 Å². The fraction of sp³-hybridized carbons (Fsp3) is 0.706. The van der Waals surface area contributed by atoms with E-state index >= 15 is 0 Å². The zero-order chi connectivity index (χ0) is 15.7. The van der Waals surface area contributed by atoms with Gasteiger partial charge in [-0.15, -0.1) is 0 Å². The third-order valence-corrected chi connectivity index (χ3v) is 4.25. The minimum Gasteiger partial charge on any atom is -0.444 e. The van der Waals surface area contributed by atoms with Crippen molar-refractivity contribution in [1.29, 1.82) is 0 Å². The molecule has 5 heteroatoms. The average molecular weight is 303 g/mol. The molecule has 5 nitrogen and oxygen atoms in total. The minimum atomic E-state index is -0.435. The molecule has 1 aliphatic heterocycles. The SMILES string of the molecule is CC(C)(C)OC(=O)N1CCC(c2ncc(C3CC3)cn2)CC1. The van der Waals surface area contributed by atoms with Crippen LogP contribution in [0.3, 0.4) is 0 Å². The topological polar surface area (TPSA) is 55.3 Å². The summed E-state index contributed by atoms with van der Waals surface area (Å²) in [6.07, 6.45) is 8.12. The first-order chi connectivity index (χ1) is 10.4. The third kappa shape index (κ3) is 3.76. The van der Waals surface area contributed by atoms with Gasteiger partial charge in [-0.3, -0.25) is 0 Å². The Hall–Kier alpha value is -1.65. The van der Waals surface area contributed by atoms with E-state index in [0.717, 1.165) is 18.7 Å². The van der Waals surface area contributed by atoms with Crippen LogP contribution in [0.4, 0.5) is 4.79 Å². The van der Waals surface area contributed by atoms with Crippen molar-refractivity contribution in [1.82, 2.24) is 14.9 Å². The number of piperidine rings is 1. The number of rotatable bonds is 2. The largest absolute Gasteiger partial charge is 0.444 e. The summed E-state index contributed by atoms with van der Waals surface area (Å²) < 4.78 is 5.42. The number of nitrogens with zero attached hydrogens (tertiary/aromatic N) is 3. The molecule has 0 aromatic carbocycles. The molecule has 22 heavy (non-hydrogen) atoms. The molecule has 1 saturated heterocycles. The van der Waals surface area contributed by atoms with Crippen LogP contribution in [0.15, 0.2) is 12.4 Å². The number of ether oxygens (including phenoxy) is 1. The molecule has 3 rings (SSSR count). The predicted molar refractivity (Wildman–Crippen MR) is 83.8 cm³/mol. The van der Waals surface area contributed by atoms with E-state index in [1.807, 2.05) is 33.2 Å². The molecule has 0 radical (unpaired) electrons. The van der Waals surface area contributed by atoms with E-state index in [4.69, 9.17) is 4.74 Å². The van der Waals surface area contributed by atoms with Gasteiger partial charge in [0.25, 0.3) is 0 Å². The lowest BCUT2D eigenvalue weighted by Crippen LogP contribution is -2.41. The van der Waals surface area contributed by atoms with E-state index in [9.17, 15) is 4.79 Å². The zero-order valence-electron chi connectivity index (χ0n) is 13.7. The van der Waals surface area contributed by atoms with Gasteiger partial charge in [-0.05, 0) is 57.9 Å². The molecule has 2 heterocycles. The summed E-state index contributed by atoms with van der Waals surface area (Å²) in [6, 6.07) is 0. The zero-order valence-corrected chi connectivity index (χ0v) is 13.7. The number of hydrogen-bond acceptors (Lipinski definition) is 4. The minimum absolute atomic E-state index is 0.212. The number of likely N-dealkylation sites (tertiary alicyclic amines) is 1. The van der Waals surface area contributed by atoms with Gasteiger partial charge in [-0.25, -0.2) is 14.8 Å². The van der Waals surface area contributed by atoms with Gasteiger partial charge in [0.05, 0.1) is 0 Å². The molecule has 1 aromatic heterocycles. The molecule has 1 amide bonds. The molecular weight excluding hydrogens is 278 g/mol. The molecule has 0 atom stereocenters. The maximum Gasteiger partial charge on any atom is 0.410 e. The Bertz CT molecular complexity index is 524. The summed E-state index contributed by atoms with van der Waals surface area (Å²) in [6.45, 7) is 7.12. The average Bonchev–Trinajstić information content (AvgIpc) is 3.30. The monoisotopic (exact) mass is 303 g/mol. The highest BCUT2D eigenvalue weighted by Crippen LogP contribution is 2.39. The molecule has 2 aliphatic rings. The predicted octanol–water partition coefficient (Wildman–Crippen LogP) is 3.47. The number of carbonyl (C=O) groups excluding carboxylic acids is 1. The first-order valence-corrected chi connectivity index (χ1v) is 8.22. The van der Waals surface area contributed by atoms with Gasteiger partial charge in [0, 0.05) is 31.4 Å². The van der Waals surface area contributed by atoms with Crippen LogP contribution in [-0.2, 0) is 4.74 Å². The van der Waals surface area contributed by atoms with Crippen molar-refractivity contribution in [3.63, 3.8) is 0 Å². The van der Waals surface area contributed by atoms with Crippen LogP contribution in [0.25, 0.3) is 0 Å². The van der Waals surface area contributed by atoms with E-state index in [1.54, 1.807) is 4.90 Å². The Kier molecular flexibility index (Phi) is 4.06. The molecule has 0 bridgehead atoms. The second kappa shape index (κ2) is 5.86. The Morgan fingerprint density at radius 1 is 1.09 bits per heavy atom.